The Kier molecular flexibility index (Phi) is 5.13. The van der Waals surface area contributed by atoms with Gasteiger partial charge in [-0.05, 0) is 37.4 Å². The lowest BCUT2D eigenvalue weighted by Gasteiger charge is -2.34. The van der Waals surface area contributed by atoms with E-state index >= 15 is 0 Å². The Bertz CT molecular complexity index is 694. The Hall–Kier alpha value is -2.28. The third-order valence-electron chi connectivity index (χ3n) is 5.08. The molecule has 0 aromatic heterocycles. The van der Waals surface area contributed by atoms with E-state index in [1.165, 1.54) is 11.0 Å². The first kappa shape index (κ1) is 17.5. The Morgan fingerprint density at radius 1 is 1.28 bits per heavy atom. The van der Waals surface area contributed by atoms with Gasteiger partial charge in [-0.25, -0.2) is 4.39 Å². The first-order valence-corrected chi connectivity index (χ1v) is 8.58. The zero-order valence-corrected chi connectivity index (χ0v) is 14.0. The van der Waals surface area contributed by atoms with E-state index in [9.17, 15) is 18.8 Å². The maximum atomic E-state index is 13.7. The summed E-state index contributed by atoms with van der Waals surface area (Å²) in [6.07, 6.45) is 1.90. The highest BCUT2D eigenvalue weighted by Crippen LogP contribution is 2.25. The Labute approximate surface area is 145 Å². The van der Waals surface area contributed by atoms with Crippen LogP contribution in [0.15, 0.2) is 24.3 Å². The minimum Gasteiger partial charge on any atom is -0.369 e. The molecule has 134 valence electrons. The standard InChI is InChI=1S/C18H22FN3O3/c19-14-6-2-1-4-12(14)7-9-22-16(23)10-15(18(22)25)21-8-3-5-13(11-21)17(20)24/h1-2,4,6,13,15H,3,5,7-11H2,(H2,20,24)/t13-,15-/m0/s1. The number of carbonyl (C=O) groups excluding carboxylic acids is 3. The average Bonchev–Trinajstić information content (AvgIpc) is 2.89. The van der Waals surface area contributed by atoms with Crippen LogP contribution >= 0.6 is 0 Å². The average molecular weight is 347 g/mol. The molecule has 0 saturated carbocycles. The second-order valence-electron chi connectivity index (χ2n) is 6.68. The van der Waals surface area contributed by atoms with Gasteiger partial charge in [0.15, 0.2) is 0 Å². The Morgan fingerprint density at radius 3 is 2.76 bits per heavy atom. The summed E-state index contributed by atoms with van der Waals surface area (Å²) in [6, 6.07) is 5.82. The topological polar surface area (TPSA) is 83.7 Å². The SMILES string of the molecule is NC(=O)[C@H]1CCCN([C@H]2CC(=O)N(CCc3ccccc3F)C2=O)C1. The second-order valence-corrected chi connectivity index (χ2v) is 6.68. The lowest BCUT2D eigenvalue weighted by Crippen LogP contribution is -2.49. The zero-order valence-electron chi connectivity index (χ0n) is 14.0. The summed E-state index contributed by atoms with van der Waals surface area (Å²) in [5.41, 5.74) is 5.86. The first-order chi connectivity index (χ1) is 12.0. The van der Waals surface area contributed by atoms with Gasteiger partial charge < -0.3 is 5.73 Å². The van der Waals surface area contributed by atoms with Crippen molar-refractivity contribution in [1.29, 1.82) is 0 Å². The van der Waals surface area contributed by atoms with Gasteiger partial charge in [0.1, 0.15) is 5.82 Å². The van der Waals surface area contributed by atoms with Crippen molar-refractivity contribution in [1.82, 2.24) is 9.80 Å². The number of amides is 3. The maximum Gasteiger partial charge on any atom is 0.247 e. The normalized spacial score (nSPS) is 24.8. The second kappa shape index (κ2) is 7.31. The number of hydrogen-bond donors (Lipinski definition) is 1. The predicted molar refractivity (Wildman–Crippen MR) is 88.7 cm³/mol. The number of nitrogens with two attached hydrogens (primary N) is 1. The van der Waals surface area contributed by atoms with Crippen molar-refractivity contribution in [3.8, 4) is 0 Å². The van der Waals surface area contributed by atoms with E-state index in [0.717, 1.165) is 12.8 Å². The maximum absolute atomic E-state index is 13.7. The van der Waals surface area contributed by atoms with Gasteiger partial charge in [0.25, 0.3) is 0 Å². The van der Waals surface area contributed by atoms with E-state index in [1.54, 1.807) is 18.2 Å². The van der Waals surface area contributed by atoms with Crippen LogP contribution in [0.3, 0.4) is 0 Å². The molecule has 2 atom stereocenters. The molecule has 2 aliphatic heterocycles. The predicted octanol–water partition coefficient (Wildman–Crippen LogP) is 0.693. The summed E-state index contributed by atoms with van der Waals surface area (Å²) < 4.78 is 13.7. The molecule has 7 heteroatoms. The van der Waals surface area contributed by atoms with Crippen molar-refractivity contribution < 1.29 is 18.8 Å². The van der Waals surface area contributed by atoms with Crippen molar-refractivity contribution in [2.75, 3.05) is 19.6 Å². The lowest BCUT2D eigenvalue weighted by atomic mass is 9.96. The van der Waals surface area contributed by atoms with Crippen LogP contribution in [-0.4, -0.2) is 53.2 Å². The number of halogens is 1. The van der Waals surface area contributed by atoms with Crippen molar-refractivity contribution in [2.24, 2.45) is 11.7 Å². The molecule has 3 rings (SSSR count). The van der Waals surface area contributed by atoms with Gasteiger partial charge in [-0.15, -0.1) is 0 Å². The molecule has 3 amide bonds. The quantitative estimate of drug-likeness (QED) is 0.795. The van der Waals surface area contributed by atoms with Crippen molar-refractivity contribution >= 4 is 17.7 Å². The highest BCUT2D eigenvalue weighted by molar-refractivity contribution is 6.05. The van der Waals surface area contributed by atoms with Crippen LogP contribution in [0.2, 0.25) is 0 Å². The van der Waals surface area contributed by atoms with Gasteiger partial charge in [0, 0.05) is 13.1 Å². The summed E-state index contributed by atoms with van der Waals surface area (Å²) in [4.78, 5) is 39.4. The zero-order chi connectivity index (χ0) is 18.0. The van der Waals surface area contributed by atoms with Crippen LogP contribution in [0.1, 0.15) is 24.8 Å². The molecular formula is C18H22FN3O3. The molecule has 0 aliphatic carbocycles. The number of piperidine rings is 1. The summed E-state index contributed by atoms with van der Waals surface area (Å²) in [5.74, 6) is -1.47. The van der Waals surface area contributed by atoms with Crippen molar-refractivity contribution in [3.63, 3.8) is 0 Å². The van der Waals surface area contributed by atoms with Gasteiger partial charge >= 0.3 is 0 Å². The van der Waals surface area contributed by atoms with E-state index in [4.69, 9.17) is 5.73 Å². The molecule has 0 bridgehead atoms. The molecule has 0 spiro atoms. The molecule has 2 fully saturated rings. The number of primary amides is 1. The number of hydrogen-bond acceptors (Lipinski definition) is 4. The molecule has 2 aliphatic rings. The third kappa shape index (κ3) is 3.71. The fourth-order valence-corrected chi connectivity index (χ4v) is 3.64. The van der Waals surface area contributed by atoms with Crippen LogP contribution in [0.5, 0.6) is 0 Å². The largest absolute Gasteiger partial charge is 0.369 e. The summed E-state index contributed by atoms with van der Waals surface area (Å²) in [5, 5.41) is 0. The summed E-state index contributed by atoms with van der Waals surface area (Å²) in [7, 11) is 0. The molecular weight excluding hydrogens is 325 g/mol. The highest BCUT2D eigenvalue weighted by atomic mass is 19.1. The highest BCUT2D eigenvalue weighted by Gasteiger charge is 2.43. The van der Waals surface area contributed by atoms with Crippen LogP contribution in [0, 0.1) is 11.7 Å². The smallest absolute Gasteiger partial charge is 0.247 e. The molecule has 2 N–H and O–H groups in total. The van der Waals surface area contributed by atoms with Crippen molar-refractivity contribution in [2.45, 2.75) is 31.7 Å². The molecule has 25 heavy (non-hydrogen) atoms. The number of likely N-dealkylation sites (tertiary alicyclic amines) is 2. The molecule has 6 nitrogen and oxygen atoms in total. The van der Waals surface area contributed by atoms with Crippen LogP contribution in [0.25, 0.3) is 0 Å². The van der Waals surface area contributed by atoms with Crippen LogP contribution < -0.4 is 5.73 Å². The lowest BCUT2D eigenvalue weighted by molar-refractivity contribution is -0.140. The van der Waals surface area contributed by atoms with Gasteiger partial charge in [0.05, 0.1) is 18.4 Å². The van der Waals surface area contributed by atoms with E-state index in [-0.39, 0.29) is 42.4 Å². The van der Waals surface area contributed by atoms with Crippen LogP contribution in [0.4, 0.5) is 4.39 Å². The monoisotopic (exact) mass is 347 g/mol. The van der Waals surface area contributed by atoms with E-state index in [0.29, 0.717) is 25.1 Å². The molecule has 1 aromatic rings. The van der Waals surface area contributed by atoms with Gasteiger partial charge in [0.2, 0.25) is 17.7 Å². The Balaban J connectivity index is 1.64. The van der Waals surface area contributed by atoms with E-state index < -0.39 is 6.04 Å². The number of nitrogens with zero attached hydrogens (tertiary/aromatic N) is 2. The molecule has 0 unspecified atom stereocenters. The number of carbonyl (C=O) groups is 3. The Morgan fingerprint density at radius 2 is 2.04 bits per heavy atom. The molecule has 0 radical (unpaired) electrons. The first-order valence-electron chi connectivity index (χ1n) is 8.58. The summed E-state index contributed by atoms with van der Waals surface area (Å²) in [6.45, 7) is 1.26. The molecule has 2 saturated heterocycles. The minimum absolute atomic E-state index is 0.113. The van der Waals surface area contributed by atoms with E-state index in [1.807, 2.05) is 4.90 Å². The van der Waals surface area contributed by atoms with E-state index in [2.05, 4.69) is 0 Å². The van der Waals surface area contributed by atoms with Gasteiger partial charge in [-0.2, -0.15) is 0 Å². The minimum atomic E-state index is -0.532. The van der Waals surface area contributed by atoms with Crippen LogP contribution in [-0.2, 0) is 20.8 Å². The number of imide groups is 1. The van der Waals surface area contributed by atoms with Gasteiger partial charge in [-0.1, -0.05) is 18.2 Å². The van der Waals surface area contributed by atoms with Crippen molar-refractivity contribution in [3.05, 3.63) is 35.6 Å². The fourth-order valence-electron chi connectivity index (χ4n) is 3.64. The van der Waals surface area contributed by atoms with Gasteiger partial charge in [-0.3, -0.25) is 24.2 Å². The number of rotatable bonds is 5. The number of benzene rings is 1. The third-order valence-corrected chi connectivity index (χ3v) is 5.08. The molecule has 2 heterocycles. The fraction of sp³-hybridized carbons (Fsp3) is 0.500. The summed E-state index contributed by atoms with van der Waals surface area (Å²) >= 11 is 0. The molecule has 1 aromatic carbocycles.